The predicted octanol–water partition coefficient (Wildman–Crippen LogP) is 4.23. The lowest BCUT2D eigenvalue weighted by molar-refractivity contribution is 0.568. The fourth-order valence-corrected chi connectivity index (χ4v) is 2.67. The normalized spacial score (nSPS) is 11.6. The fourth-order valence-electron chi connectivity index (χ4n) is 1.53. The Labute approximate surface area is 120 Å². The third-order valence-corrected chi connectivity index (χ3v) is 4.30. The summed E-state index contributed by atoms with van der Waals surface area (Å²) in [7, 11) is 0. The third kappa shape index (κ3) is 3.13. The Morgan fingerprint density at radius 2 is 2.17 bits per heavy atom. The molecule has 0 saturated carbocycles. The summed E-state index contributed by atoms with van der Waals surface area (Å²) in [6.07, 6.45) is 1.50. The van der Waals surface area contributed by atoms with Gasteiger partial charge in [0.2, 0.25) is 5.28 Å². The van der Waals surface area contributed by atoms with Crippen LogP contribution < -0.4 is 5.32 Å². The summed E-state index contributed by atoms with van der Waals surface area (Å²) in [6, 6.07) is 4.18. The maximum absolute atomic E-state index is 6.01. The second-order valence-electron chi connectivity index (χ2n) is 4.55. The lowest BCUT2D eigenvalue weighted by atomic mass is 9.91. The van der Waals surface area contributed by atoms with Crippen molar-refractivity contribution >= 4 is 40.4 Å². The quantitative estimate of drug-likeness (QED) is 0.859. The van der Waals surface area contributed by atoms with Crippen molar-refractivity contribution in [3.63, 3.8) is 0 Å². The number of hydrogen-bond acceptors (Lipinski definition) is 4. The van der Waals surface area contributed by atoms with E-state index < -0.39 is 0 Å². The Bertz CT molecular complexity index is 526. The number of hydrogen-bond donors (Lipinski definition) is 1. The SMILES string of the molecule is CC(C)(CNc1nc(Cl)ncc1Cl)c1cccs1. The van der Waals surface area contributed by atoms with E-state index in [9.17, 15) is 0 Å². The molecule has 2 aromatic rings. The molecule has 0 aliphatic heterocycles. The maximum atomic E-state index is 6.01. The molecule has 2 rings (SSSR count). The van der Waals surface area contributed by atoms with E-state index in [1.807, 2.05) is 0 Å². The molecule has 3 nitrogen and oxygen atoms in total. The molecule has 0 bridgehead atoms. The molecule has 0 saturated heterocycles. The summed E-state index contributed by atoms with van der Waals surface area (Å²) in [4.78, 5) is 9.20. The molecule has 2 aromatic heterocycles. The summed E-state index contributed by atoms with van der Waals surface area (Å²) in [5.41, 5.74) is 0.00885. The number of anilines is 1. The lowest BCUT2D eigenvalue weighted by Crippen LogP contribution is -2.27. The van der Waals surface area contributed by atoms with Gasteiger partial charge in [-0.2, -0.15) is 4.98 Å². The van der Waals surface area contributed by atoms with E-state index in [1.54, 1.807) is 11.3 Å². The van der Waals surface area contributed by atoms with Crippen molar-refractivity contribution in [1.82, 2.24) is 9.97 Å². The number of nitrogens with zero attached hydrogens (tertiary/aromatic N) is 2. The summed E-state index contributed by atoms with van der Waals surface area (Å²) in [6.45, 7) is 5.06. The van der Waals surface area contributed by atoms with Gasteiger partial charge in [0.25, 0.3) is 0 Å². The zero-order chi connectivity index (χ0) is 13.2. The van der Waals surface area contributed by atoms with E-state index in [0.717, 1.165) is 6.54 Å². The minimum Gasteiger partial charge on any atom is -0.368 e. The molecule has 18 heavy (non-hydrogen) atoms. The van der Waals surface area contributed by atoms with Crippen molar-refractivity contribution in [2.24, 2.45) is 0 Å². The average molecular weight is 302 g/mol. The van der Waals surface area contributed by atoms with Gasteiger partial charge in [-0.05, 0) is 23.0 Å². The first-order valence-corrected chi connectivity index (χ1v) is 7.08. The van der Waals surface area contributed by atoms with E-state index in [1.165, 1.54) is 11.1 Å². The van der Waals surface area contributed by atoms with Gasteiger partial charge in [-0.15, -0.1) is 11.3 Å². The van der Waals surface area contributed by atoms with Gasteiger partial charge in [-0.3, -0.25) is 0 Å². The van der Waals surface area contributed by atoms with Crippen molar-refractivity contribution in [3.8, 4) is 0 Å². The smallest absolute Gasteiger partial charge is 0.224 e. The van der Waals surface area contributed by atoms with Crippen LogP contribution in [0.5, 0.6) is 0 Å². The standard InChI is InChI=1S/C12H13Cl2N3S/c1-12(2,9-4-3-5-18-9)7-16-10-8(13)6-15-11(14)17-10/h3-6H,7H2,1-2H3,(H,15,16,17). The van der Waals surface area contributed by atoms with Crippen LogP contribution in [-0.2, 0) is 5.41 Å². The first-order valence-electron chi connectivity index (χ1n) is 5.45. The molecule has 0 radical (unpaired) electrons. The summed E-state index contributed by atoms with van der Waals surface area (Å²) >= 11 is 13.5. The Balaban J connectivity index is 2.09. The Morgan fingerprint density at radius 1 is 1.39 bits per heavy atom. The van der Waals surface area contributed by atoms with Crippen molar-refractivity contribution < 1.29 is 0 Å². The molecular formula is C12H13Cl2N3S. The molecular weight excluding hydrogens is 289 g/mol. The van der Waals surface area contributed by atoms with Gasteiger partial charge >= 0.3 is 0 Å². The van der Waals surface area contributed by atoms with Gasteiger partial charge in [0.1, 0.15) is 10.8 Å². The number of halogens is 2. The number of aromatic nitrogens is 2. The molecule has 96 valence electrons. The summed E-state index contributed by atoms with van der Waals surface area (Å²) in [5.74, 6) is 0.571. The van der Waals surface area contributed by atoms with Crippen LogP contribution in [0.1, 0.15) is 18.7 Å². The summed E-state index contributed by atoms with van der Waals surface area (Å²) < 4.78 is 0. The van der Waals surface area contributed by atoms with Crippen LogP contribution in [0.15, 0.2) is 23.7 Å². The molecule has 2 heterocycles. The Morgan fingerprint density at radius 3 is 2.83 bits per heavy atom. The van der Waals surface area contributed by atoms with Crippen LogP contribution in [-0.4, -0.2) is 16.5 Å². The van der Waals surface area contributed by atoms with Crippen molar-refractivity contribution in [2.45, 2.75) is 19.3 Å². The number of rotatable bonds is 4. The van der Waals surface area contributed by atoms with Crippen molar-refractivity contribution in [1.29, 1.82) is 0 Å². The van der Waals surface area contributed by atoms with Gasteiger partial charge in [-0.1, -0.05) is 31.5 Å². The topological polar surface area (TPSA) is 37.8 Å². The molecule has 0 aromatic carbocycles. The van der Waals surface area contributed by atoms with Crippen LogP contribution >= 0.6 is 34.5 Å². The monoisotopic (exact) mass is 301 g/mol. The highest BCUT2D eigenvalue weighted by atomic mass is 35.5. The molecule has 0 aliphatic rings. The van der Waals surface area contributed by atoms with Gasteiger partial charge in [0, 0.05) is 16.8 Å². The molecule has 6 heteroatoms. The Hall–Kier alpha value is -0.840. The van der Waals surface area contributed by atoms with Gasteiger partial charge in [0.15, 0.2) is 0 Å². The highest BCUT2D eigenvalue weighted by Crippen LogP contribution is 2.28. The van der Waals surface area contributed by atoms with Crippen LogP contribution in [0.3, 0.4) is 0 Å². The third-order valence-electron chi connectivity index (χ3n) is 2.60. The van der Waals surface area contributed by atoms with E-state index in [0.29, 0.717) is 10.8 Å². The maximum Gasteiger partial charge on any atom is 0.224 e. The molecule has 0 unspecified atom stereocenters. The predicted molar refractivity (Wildman–Crippen MR) is 77.9 cm³/mol. The van der Waals surface area contributed by atoms with E-state index in [-0.39, 0.29) is 10.7 Å². The van der Waals surface area contributed by atoms with E-state index in [2.05, 4.69) is 46.6 Å². The van der Waals surface area contributed by atoms with Crippen LogP contribution in [0.4, 0.5) is 5.82 Å². The highest BCUT2D eigenvalue weighted by Gasteiger charge is 2.22. The Kier molecular flexibility index (Phi) is 4.10. The van der Waals surface area contributed by atoms with Crippen LogP contribution in [0, 0.1) is 0 Å². The molecule has 0 spiro atoms. The van der Waals surface area contributed by atoms with Gasteiger partial charge in [-0.25, -0.2) is 4.98 Å². The average Bonchev–Trinajstić information content (AvgIpc) is 2.85. The molecule has 0 atom stereocenters. The minimum absolute atomic E-state index is 0.00885. The highest BCUT2D eigenvalue weighted by molar-refractivity contribution is 7.10. The largest absolute Gasteiger partial charge is 0.368 e. The van der Waals surface area contributed by atoms with Crippen molar-refractivity contribution in [3.05, 3.63) is 38.9 Å². The van der Waals surface area contributed by atoms with E-state index in [4.69, 9.17) is 23.2 Å². The van der Waals surface area contributed by atoms with Gasteiger partial charge < -0.3 is 5.32 Å². The van der Waals surface area contributed by atoms with Crippen LogP contribution in [0.25, 0.3) is 0 Å². The lowest BCUT2D eigenvalue weighted by Gasteiger charge is -2.24. The molecule has 1 N–H and O–H groups in total. The number of nitrogens with one attached hydrogen (secondary N) is 1. The van der Waals surface area contributed by atoms with Gasteiger partial charge in [0.05, 0.1) is 6.20 Å². The number of thiophene rings is 1. The van der Waals surface area contributed by atoms with Crippen LogP contribution in [0.2, 0.25) is 10.3 Å². The fraction of sp³-hybridized carbons (Fsp3) is 0.333. The first kappa shape index (κ1) is 13.6. The summed E-state index contributed by atoms with van der Waals surface area (Å²) in [5, 5.41) is 5.96. The van der Waals surface area contributed by atoms with E-state index >= 15 is 0 Å². The molecule has 0 amide bonds. The van der Waals surface area contributed by atoms with Crippen molar-refractivity contribution in [2.75, 3.05) is 11.9 Å². The second-order valence-corrected chi connectivity index (χ2v) is 6.24. The zero-order valence-corrected chi connectivity index (χ0v) is 12.4. The molecule has 0 aliphatic carbocycles. The first-order chi connectivity index (χ1) is 8.49. The minimum atomic E-state index is 0.00885. The molecule has 0 fully saturated rings. The second kappa shape index (κ2) is 5.43. The zero-order valence-electron chi connectivity index (χ0n) is 10.1.